The van der Waals surface area contributed by atoms with Gasteiger partial charge in [0.2, 0.25) is 5.95 Å². The van der Waals surface area contributed by atoms with Crippen LogP contribution < -0.4 is 11.1 Å². The van der Waals surface area contributed by atoms with Gasteiger partial charge >= 0.3 is 0 Å². The van der Waals surface area contributed by atoms with Gasteiger partial charge < -0.3 is 11.1 Å². The molecule has 0 aromatic carbocycles. The number of nitrogens with two attached hydrogens (primary N) is 1. The summed E-state index contributed by atoms with van der Waals surface area (Å²) in [4.78, 5) is 8.28. The molecule has 0 aliphatic carbocycles. The predicted octanol–water partition coefficient (Wildman–Crippen LogP) is 1.40. The number of aromatic nitrogens is 2. The van der Waals surface area contributed by atoms with E-state index in [1.807, 2.05) is 13.8 Å². The van der Waals surface area contributed by atoms with Gasteiger partial charge in [-0.1, -0.05) is 0 Å². The summed E-state index contributed by atoms with van der Waals surface area (Å²) in [5.74, 6) is 1.15. The summed E-state index contributed by atoms with van der Waals surface area (Å²) in [5.41, 5.74) is 6.57. The average molecular weight is 278 g/mol. The second-order valence-electron chi connectivity index (χ2n) is 2.36. The van der Waals surface area contributed by atoms with Crippen molar-refractivity contribution in [1.29, 1.82) is 0 Å². The fourth-order valence-corrected chi connectivity index (χ4v) is 1.06. The van der Waals surface area contributed by atoms with E-state index in [1.54, 1.807) is 0 Å². The number of hydrogen-bond acceptors (Lipinski definition) is 4. The van der Waals surface area contributed by atoms with Crippen molar-refractivity contribution in [3.8, 4) is 0 Å². The molecule has 1 aromatic rings. The van der Waals surface area contributed by atoms with E-state index < -0.39 is 0 Å². The molecule has 12 heavy (non-hydrogen) atoms. The van der Waals surface area contributed by atoms with Gasteiger partial charge in [0, 0.05) is 6.54 Å². The molecule has 0 saturated heterocycles. The summed E-state index contributed by atoms with van der Waals surface area (Å²) in [5, 5.41) is 3.01. The van der Waals surface area contributed by atoms with E-state index in [0.29, 0.717) is 11.8 Å². The van der Waals surface area contributed by atoms with Gasteiger partial charge in [0.1, 0.15) is 5.82 Å². The highest BCUT2D eigenvalue weighted by atomic mass is 127. The monoisotopic (exact) mass is 278 g/mol. The summed E-state index contributed by atoms with van der Waals surface area (Å²) in [6.07, 6.45) is 0. The Bertz CT molecular complexity index is 264. The summed E-state index contributed by atoms with van der Waals surface area (Å²) in [6.45, 7) is 4.72. The lowest BCUT2D eigenvalue weighted by Gasteiger charge is -2.05. The fourth-order valence-electron chi connectivity index (χ4n) is 0.819. The standard InChI is InChI=1S/C7H11IN4/c1-3-10-7-11-4(2)5(8)6(9)12-7/h3H2,1-2H3,(H3,9,10,11,12). The molecule has 0 atom stereocenters. The third kappa shape index (κ3) is 1.96. The molecule has 0 radical (unpaired) electrons. The highest BCUT2D eigenvalue weighted by Crippen LogP contribution is 2.16. The molecular formula is C7H11IN4. The first-order valence-electron chi connectivity index (χ1n) is 3.68. The zero-order valence-corrected chi connectivity index (χ0v) is 9.21. The maximum Gasteiger partial charge on any atom is 0.224 e. The van der Waals surface area contributed by atoms with E-state index >= 15 is 0 Å². The second-order valence-corrected chi connectivity index (χ2v) is 3.44. The van der Waals surface area contributed by atoms with Crippen molar-refractivity contribution in [3.05, 3.63) is 9.26 Å². The molecule has 5 heteroatoms. The molecule has 0 amide bonds. The summed E-state index contributed by atoms with van der Waals surface area (Å²) in [7, 11) is 0. The Morgan fingerprint density at radius 2 is 2.17 bits per heavy atom. The Kier molecular flexibility index (Phi) is 3.07. The van der Waals surface area contributed by atoms with E-state index in [1.165, 1.54) is 0 Å². The average Bonchev–Trinajstić information content (AvgIpc) is 2.01. The number of rotatable bonds is 2. The van der Waals surface area contributed by atoms with Gasteiger partial charge in [-0.3, -0.25) is 0 Å². The van der Waals surface area contributed by atoms with Crippen molar-refractivity contribution in [1.82, 2.24) is 9.97 Å². The molecule has 0 unspecified atom stereocenters. The maximum atomic E-state index is 5.65. The Morgan fingerprint density at radius 3 is 2.67 bits per heavy atom. The summed E-state index contributed by atoms with van der Waals surface area (Å²) < 4.78 is 0.925. The Hall–Kier alpha value is -0.590. The second kappa shape index (κ2) is 3.88. The number of halogens is 1. The molecule has 4 nitrogen and oxygen atoms in total. The highest BCUT2D eigenvalue weighted by molar-refractivity contribution is 14.1. The number of hydrogen-bond donors (Lipinski definition) is 2. The Labute approximate surface area is 85.1 Å². The van der Waals surface area contributed by atoms with Crippen LogP contribution in [0.25, 0.3) is 0 Å². The van der Waals surface area contributed by atoms with E-state index in [-0.39, 0.29) is 0 Å². The summed E-state index contributed by atoms with van der Waals surface area (Å²) in [6, 6.07) is 0. The van der Waals surface area contributed by atoms with Gasteiger partial charge in [0.15, 0.2) is 0 Å². The lowest BCUT2D eigenvalue weighted by atomic mass is 10.4. The Morgan fingerprint density at radius 1 is 1.50 bits per heavy atom. The van der Waals surface area contributed by atoms with Gasteiger partial charge in [-0.2, -0.15) is 4.98 Å². The van der Waals surface area contributed by atoms with Gasteiger partial charge in [-0.05, 0) is 36.4 Å². The Balaban J connectivity index is 3.04. The molecule has 1 aromatic heterocycles. The maximum absolute atomic E-state index is 5.65. The van der Waals surface area contributed by atoms with E-state index in [0.717, 1.165) is 15.8 Å². The first kappa shape index (κ1) is 9.50. The van der Waals surface area contributed by atoms with Crippen molar-refractivity contribution in [2.75, 3.05) is 17.6 Å². The van der Waals surface area contributed by atoms with Gasteiger partial charge in [0.05, 0.1) is 9.26 Å². The first-order chi connectivity index (χ1) is 5.65. The van der Waals surface area contributed by atoms with Crippen LogP contribution in [0.4, 0.5) is 11.8 Å². The molecule has 0 fully saturated rings. The van der Waals surface area contributed by atoms with Gasteiger partial charge in [-0.25, -0.2) is 4.98 Å². The van der Waals surface area contributed by atoms with E-state index in [2.05, 4.69) is 37.9 Å². The number of nitrogens with zero attached hydrogens (tertiary/aromatic N) is 2. The minimum Gasteiger partial charge on any atom is -0.383 e. The van der Waals surface area contributed by atoms with Crippen LogP contribution in [0.1, 0.15) is 12.6 Å². The number of anilines is 2. The molecule has 0 aliphatic rings. The largest absolute Gasteiger partial charge is 0.383 e. The van der Waals surface area contributed by atoms with Crippen LogP contribution in [0, 0.1) is 10.5 Å². The van der Waals surface area contributed by atoms with Crippen LogP contribution in [0.5, 0.6) is 0 Å². The summed E-state index contributed by atoms with van der Waals surface area (Å²) >= 11 is 2.14. The third-order valence-corrected chi connectivity index (χ3v) is 2.71. The van der Waals surface area contributed by atoms with Crippen molar-refractivity contribution in [2.24, 2.45) is 0 Å². The van der Waals surface area contributed by atoms with E-state index in [9.17, 15) is 0 Å². The van der Waals surface area contributed by atoms with Crippen LogP contribution >= 0.6 is 22.6 Å². The molecule has 0 spiro atoms. The number of nitrogen functional groups attached to an aromatic ring is 1. The SMILES string of the molecule is CCNc1nc(C)c(I)c(N)n1. The quantitative estimate of drug-likeness (QED) is 0.803. The van der Waals surface area contributed by atoms with Crippen molar-refractivity contribution >= 4 is 34.4 Å². The van der Waals surface area contributed by atoms with Gasteiger partial charge in [0.25, 0.3) is 0 Å². The van der Waals surface area contributed by atoms with Crippen LogP contribution in [0.3, 0.4) is 0 Å². The van der Waals surface area contributed by atoms with Gasteiger partial charge in [-0.15, -0.1) is 0 Å². The smallest absolute Gasteiger partial charge is 0.224 e. The highest BCUT2D eigenvalue weighted by Gasteiger charge is 2.04. The molecule has 1 rings (SSSR count). The van der Waals surface area contributed by atoms with Crippen LogP contribution in [0.2, 0.25) is 0 Å². The normalized spacial score (nSPS) is 9.92. The lowest BCUT2D eigenvalue weighted by Crippen LogP contribution is -2.07. The minimum atomic E-state index is 0.541. The minimum absolute atomic E-state index is 0.541. The van der Waals surface area contributed by atoms with Crippen molar-refractivity contribution in [3.63, 3.8) is 0 Å². The number of aryl methyl sites for hydroxylation is 1. The van der Waals surface area contributed by atoms with Crippen LogP contribution in [-0.4, -0.2) is 16.5 Å². The third-order valence-electron chi connectivity index (χ3n) is 1.38. The van der Waals surface area contributed by atoms with Crippen molar-refractivity contribution in [2.45, 2.75) is 13.8 Å². The molecule has 66 valence electrons. The lowest BCUT2D eigenvalue weighted by molar-refractivity contribution is 1.05. The fraction of sp³-hybridized carbons (Fsp3) is 0.429. The molecule has 0 bridgehead atoms. The van der Waals surface area contributed by atoms with Crippen LogP contribution in [0.15, 0.2) is 0 Å². The zero-order chi connectivity index (χ0) is 9.14. The molecular weight excluding hydrogens is 267 g/mol. The van der Waals surface area contributed by atoms with E-state index in [4.69, 9.17) is 5.73 Å². The predicted molar refractivity (Wildman–Crippen MR) is 58.1 cm³/mol. The topological polar surface area (TPSA) is 63.8 Å². The molecule has 0 saturated carbocycles. The zero-order valence-electron chi connectivity index (χ0n) is 7.06. The molecule has 1 heterocycles. The number of nitrogens with one attached hydrogen (secondary N) is 1. The molecule has 0 aliphatic heterocycles. The van der Waals surface area contributed by atoms with Crippen molar-refractivity contribution < 1.29 is 0 Å². The molecule has 3 N–H and O–H groups in total. The van der Waals surface area contributed by atoms with Crippen LogP contribution in [-0.2, 0) is 0 Å². The first-order valence-corrected chi connectivity index (χ1v) is 4.76.